The van der Waals surface area contributed by atoms with E-state index in [0.717, 1.165) is 44.5 Å². The van der Waals surface area contributed by atoms with E-state index < -0.39 is 0 Å². The molecule has 5 nitrogen and oxygen atoms in total. The van der Waals surface area contributed by atoms with Crippen LogP contribution in [0.1, 0.15) is 52.4 Å². The molecule has 24 heavy (non-hydrogen) atoms. The van der Waals surface area contributed by atoms with Crippen molar-refractivity contribution in [3.05, 3.63) is 0 Å². The second-order valence-corrected chi connectivity index (χ2v) is 7.04. The van der Waals surface area contributed by atoms with Crippen molar-refractivity contribution in [2.75, 3.05) is 45.9 Å². The first-order valence-corrected chi connectivity index (χ1v) is 9.64. The number of rotatable bonds is 8. The molecule has 2 saturated heterocycles. The van der Waals surface area contributed by atoms with Crippen LogP contribution in [-0.4, -0.2) is 62.8 Å². The lowest BCUT2D eigenvalue weighted by atomic mass is 10.0. The fourth-order valence-corrected chi connectivity index (χ4v) is 3.48. The van der Waals surface area contributed by atoms with E-state index >= 15 is 0 Å². The van der Waals surface area contributed by atoms with E-state index in [9.17, 15) is 0 Å². The van der Waals surface area contributed by atoms with Gasteiger partial charge in [0.05, 0.1) is 12.6 Å². The van der Waals surface area contributed by atoms with E-state index in [1.165, 1.54) is 51.7 Å². The van der Waals surface area contributed by atoms with Gasteiger partial charge in [-0.2, -0.15) is 0 Å². The molecular formula is C18H37IN4O. The average molecular weight is 452 g/mol. The molecule has 0 saturated carbocycles. The largest absolute Gasteiger partial charge is 0.376 e. The molecule has 6 heteroatoms. The molecule has 0 aliphatic carbocycles. The number of hydrogen-bond donors (Lipinski definition) is 2. The third-order valence-electron chi connectivity index (χ3n) is 4.76. The Morgan fingerprint density at radius 2 is 2.08 bits per heavy atom. The van der Waals surface area contributed by atoms with Crippen molar-refractivity contribution < 1.29 is 4.74 Å². The molecular weight excluding hydrogens is 415 g/mol. The van der Waals surface area contributed by atoms with Gasteiger partial charge in [-0.15, -0.1) is 24.0 Å². The smallest absolute Gasteiger partial charge is 0.191 e. The molecule has 2 N–H and O–H groups in total. The van der Waals surface area contributed by atoms with Gasteiger partial charge in [0.25, 0.3) is 0 Å². The third-order valence-corrected chi connectivity index (χ3v) is 4.76. The van der Waals surface area contributed by atoms with Crippen LogP contribution in [0.25, 0.3) is 0 Å². The highest BCUT2D eigenvalue weighted by Crippen LogP contribution is 2.15. The molecule has 0 aromatic rings. The summed E-state index contributed by atoms with van der Waals surface area (Å²) in [6.45, 7) is 11.9. The molecule has 2 heterocycles. The van der Waals surface area contributed by atoms with Crippen LogP contribution in [0.4, 0.5) is 0 Å². The normalized spacial score (nSPS) is 25.3. The molecule has 0 spiro atoms. The lowest BCUT2D eigenvalue weighted by Crippen LogP contribution is -2.39. The summed E-state index contributed by atoms with van der Waals surface area (Å²) >= 11 is 0. The Morgan fingerprint density at radius 1 is 1.21 bits per heavy atom. The van der Waals surface area contributed by atoms with Gasteiger partial charge in [-0.05, 0) is 64.5 Å². The van der Waals surface area contributed by atoms with Gasteiger partial charge in [0.1, 0.15) is 0 Å². The van der Waals surface area contributed by atoms with Crippen LogP contribution in [-0.2, 0) is 4.74 Å². The van der Waals surface area contributed by atoms with Gasteiger partial charge in [0.15, 0.2) is 5.96 Å². The highest BCUT2D eigenvalue weighted by molar-refractivity contribution is 14.0. The summed E-state index contributed by atoms with van der Waals surface area (Å²) in [4.78, 5) is 7.28. The molecule has 142 valence electrons. The van der Waals surface area contributed by atoms with Crippen molar-refractivity contribution in [1.29, 1.82) is 0 Å². The zero-order chi connectivity index (χ0) is 16.3. The van der Waals surface area contributed by atoms with Crippen molar-refractivity contribution in [3.63, 3.8) is 0 Å². The van der Waals surface area contributed by atoms with Crippen molar-refractivity contribution in [2.45, 2.75) is 58.5 Å². The Labute approximate surface area is 165 Å². The number of aliphatic imine (C=N–C) groups is 1. The molecule has 2 rings (SSSR count). The first-order chi connectivity index (χ1) is 11.3. The van der Waals surface area contributed by atoms with Crippen molar-refractivity contribution in [3.8, 4) is 0 Å². The quantitative estimate of drug-likeness (QED) is 0.258. The topological polar surface area (TPSA) is 48.9 Å². The number of guanidine groups is 1. The molecule has 0 bridgehead atoms. The zero-order valence-corrected chi connectivity index (χ0v) is 17.9. The van der Waals surface area contributed by atoms with Gasteiger partial charge in [-0.1, -0.05) is 6.92 Å². The summed E-state index contributed by atoms with van der Waals surface area (Å²) in [5.74, 6) is 1.82. The summed E-state index contributed by atoms with van der Waals surface area (Å²) in [6, 6.07) is 0. The predicted molar refractivity (Wildman–Crippen MR) is 112 cm³/mol. The molecule has 2 fully saturated rings. The molecule has 2 aliphatic heterocycles. The lowest BCUT2D eigenvalue weighted by Gasteiger charge is -2.30. The van der Waals surface area contributed by atoms with Gasteiger partial charge >= 0.3 is 0 Å². The Kier molecular flexibility index (Phi) is 12.0. The van der Waals surface area contributed by atoms with Gasteiger partial charge in [-0.3, -0.25) is 4.99 Å². The minimum Gasteiger partial charge on any atom is -0.376 e. The Morgan fingerprint density at radius 3 is 2.79 bits per heavy atom. The van der Waals surface area contributed by atoms with E-state index in [1.807, 2.05) is 0 Å². The Hall–Kier alpha value is -0.0800. The second kappa shape index (κ2) is 13.2. The van der Waals surface area contributed by atoms with E-state index in [-0.39, 0.29) is 24.0 Å². The highest BCUT2D eigenvalue weighted by atomic mass is 127. The van der Waals surface area contributed by atoms with Gasteiger partial charge in [0.2, 0.25) is 0 Å². The SMILES string of the molecule is CCNC(=NCC1CCCO1)NCCCCN1CCCC(C)C1.I. The molecule has 2 unspecified atom stereocenters. The van der Waals surface area contributed by atoms with Crippen LogP contribution < -0.4 is 10.6 Å². The van der Waals surface area contributed by atoms with Gasteiger partial charge in [-0.25, -0.2) is 0 Å². The van der Waals surface area contributed by atoms with Crippen LogP contribution in [0, 0.1) is 5.92 Å². The molecule has 2 aliphatic rings. The van der Waals surface area contributed by atoms with Crippen LogP contribution >= 0.6 is 24.0 Å². The number of halogens is 1. The van der Waals surface area contributed by atoms with Crippen molar-refractivity contribution >= 4 is 29.9 Å². The number of nitrogens with zero attached hydrogens (tertiary/aromatic N) is 2. The summed E-state index contributed by atoms with van der Waals surface area (Å²) in [6.07, 6.45) is 7.91. The minimum atomic E-state index is 0. The molecule has 0 radical (unpaired) electrons. The summed E-state index contributed by atoms with van der Waals surface area (Å²) < 4.78 is 5.63. The molecule has 0 amide bonds. The fraction of sp³-hybridized carbons (Fsp3) is 0.944. The third kappa shape index (κ3) is 8.85. The lowest BCUT2D eigenvalue weighted by molar-refractivity contribution is 0.117. The maximum absolute atomic E-state index is 5.63. The zero-order valence-electron chi connectivity index (χ0n) is 15.6. The molecule has 0 aromatic carbocycles. The standard InChI is InChI=1S/C18H36N4O.HI/c1-3-19-18(21-14-17-9-7-13-23-17)20-10-4-5-11-22-12-6-8-16(2)15-22;/h16-17H,3-15H2,1-2H3,(H2,19,20,21);1H. The van der Waals surface area contributed by atoms with E-state index in [2.05, 4.69) is 34.4 Å². The number of unbranched alkanes of at least 4 members (excludes halogenated alkanes) is 1. The van der Waals surface area contributed by atoms with Crippen LogP contribution in [0.3, 0.4) is 0 Å². The van der Waals surface area contributed by atoms with Crippen LogP contribution in [0.15, 0.2) is 4.99 Å². The summed E-state index contributed by atoms with van der Waals surface area (Å²) in [5.41, 5.74) is 0. The molecule has 0 aromatic heterocycles. The summed E-state index contributed by atoms with van der Waals surface area (Å²) in [7, 11) is 0. The monoisotopic (exact) mass is 452 g/mol. The minimum absolute atomic E-state index is 0. The first-order valence-electron chi connectivity index (χ1n) is 9.64. The second-order valence-electron chi connectivity index (χ2n) is 7.04. The van der Waals surface area contributed by atoms with Crippen LogP contribution in [0.5, 0.6) is 0 Å². The van der Waals surface area contributed by atoms with Crippen molar-refractivity contribution in [2.24, 2.45) is 10.9 Å². The number of piperidine rings is 1. The summed E-state index contributed by atoms with van der Waals surface area (Å²) in [5, 5.41) is 6.78. The van der Waals surface area contributed by atoms with Crippen LogP contribution in [0.2, 0.25) is 0 Å². The number of likely N-dealkylation sites (tertiary alicyclic amines) is 1. The first kappa shape index (κ1) is 22.0. The van der Waals surface area contributed by atoms with Gasteiger partial charge < -0.3 is 20.3 Å². The van der Waals surface area contributed by atoms with E-state index in [4.69, 9.17) is 4.74 Å². The predicted octanol–water partition coefficient (Wildman–Crippen LogP) is 2.85. The van der Waals surface area contributed by atoms with E-state index in [0.29, 0.717) is 6.10 Å². The number of ether oxygens (including phenoxy) is 1. The Balaban J connectivity index is 0.00000288. The Bertz CT molecular complexity index is 348. The maximum atomic E-state index is 5.63. The van der Waals surface area contributed by atoms with Crippen molar-refractivity contribution in [1.82, 2.24) is 15.5 Å². The van der Waals surface area contributed by atoms with Gasteiger partial charge in [0, 0.05) is 26.2 Å². The number of nitrogens with one attached hydrogen (secondary N) is 2. The van der Waals surface area contributed by atoms with E-state index in [1.54, 1.807) is 0 Å². The average Bonchev–Trinajstić information content (AvgIpc) is 3.05. The highest BCUT2D eigenvalue weighted by Gasteiger charge is 2.16. The maximum Gasteiger partial charge on any atom is 0.191 e. The fourth-order valence-electron chi connectivity index (χ4n) is 3.48. The molecule has 2 atom stereocenters. The number of hydrogen-bond acceptors (Lipinski definition) is 3.